The molecule has 3 fully saturated rings. The fourth-order valence-corrected chi connectivity index (χ4v) is 9.80. The van der Waals surface area contributed by atoms with E-state index in [-0.39, 0.29) is 24.0 Å². The zero-order chi connectivity index (χ0) is 36.8. The number of nitrogens with one attached hydrogen (secondary N) is 1. The third-order valence-electron chi connectivity index (χ3n) is 12.1. The maximum absolute atomic E-state index is 15.5. The van der Waals surface area contributed by atoms with Gasteiger partial charge in [0.05, 0.1) is 34.5 Å². The van der Waals surface area contributed by atoms with Crippen molar-refractivity contribution in [2.45, 2.75) is 38.0 Å². The van der Waals surface area contributed by atoms with Gasteiger partial charge in [-0.3, -0.25) is 24.6 Å². The molecule has 4 aliphatic rings. The van der Waals surface area contributed by atoms with Crippen molar-refractivity contribution in [1.82, 2.24) is 5.01 Å². The van der Waals surface area contributed by atoms with Crippen molar-refractivity contribution in [3.05, 3.63) is 148 Å². The van der Waals surface area contributed by atoms with Crippen molar-refractivity contribution in [1.29, 1.82) is 0 Å². The number of rotatable bonds is 5. The normalized spacial score (nSPS) is 26.4. The Hall–Kier alpha value is -5.73. The molecular weight excluding hydrogens is 686 g/mol. The molecule has 53 heavy (non-hydrogen) atoms. The van der Waals surface area contributed by atoms with Crippen LogP contribution in [-0.4, -0.2) is 33.7 Å². The number of nitrogens with zero attached hydrogens (tertiary/aromatic N) is 2. The second kappa shape index (κ2) is 12.2. The number of fused-ring (bicyclic) bond motifs is 5. The van der Waals surface area contributed by atoms with Gasteiger partial charge in [-0.15, -0.1) is 0 Å². The Morgan fingerprint density at radius 3 is 2.23 bits per heavy atom. The number of allylic oxidation sites excluding steroid dienone is 2. The van der Waals surface area contributed by atoms with Gasteiger partial charge < -0.3 is 5.11 Å². The number of carbonyl (C=O) groups is 4. The van der Waals surface area contributed by atoms with Crippen molar-refractivity contribution in [2.75, 3.05) is 10.3 Å². The van der Waals surface area contributed by atoms with Crippen LogP contribution in [0.15, 0.2) is 121 Å². The number of hydrazine groups is 1. The van der Waals surface area contributed by atoms with E-state index in [1.807, 2.05) is 105 Å². The zero-order valence-corrected chi connectivity index (χ0v) is 29.9. The molecule has 2 N–H and O–H groups in total. The van der Waals surface area contributed by atoms with Crippen LogP contribution in [0.4, 0.5) is 11.4 Å². The second-order valence-electron chi connectivity index (χ2n) is 14.8. The summed E-state index contributed by atoms with van der Waals surface area (Å²) in [6.45, 7) is 3.83. The average Bonchev–Trinajstić information content (AvgIpc) is 3.55. The van der Waals surface area contributed by atoms with Gasteiger partial charge in [0.2, 0.25) is 11.8 Å². The smallest absolute Gasteiger partial charge is 0.260 e. The predicted molar refractivity (Wildman–Crippen MR) is 203 cm³/mol. The molecule has 9 rings (SSSR count). The number of imide groups is 2. The van der Waals surface area contributed by atoms with E-state index in [4.69, 9.17) is 11.6 Å². The van der Waals surface area contributed by atoms with Gasteiger partial charge in [-0.05, 0) is 85.0 Å². The van der Waals surface area contributed by atoms with Crippen molar-refractivity contribution >= 4 is 57.4 Å². The molecule has 5 aromatic carbocycles. The standard InChI is InChI=1S/C44H36ClN3O5/c1-24-12-15-27(16-13-24)46-48-41(51)35-23-34-32(18-19-33-38(34)42(52)47(40(33)50)28-17-14-25(2)36(45)22-28)39(44(35,43(48)53)26-8-4-3-5-9-26)31-20-21-37(49)30-11-7-6-10-29(30)31/h3-18,20-22,33-35,38-39,46,49H,19,23H2,1-2H3/t33-,34+,35-,38-,39-,44+/m0/s1. The first-order valence-electron chi connectivity index (χ1n) is 17.9. The van der Waals surface area contributed by atoms with Gasteiger partial charge in [0.15, 0.2) is 0 Å². The predicted octanol–water partition coefficient (Wildman–Crippen LogP) is 8.01. The molecule has 8 nitrogen and oxygen atoms in total. The number of hydrogen-bond acceptors (Lipinski definition) is 6. The van der Waals surface area contributed by atoms with E-state index in [0.29, 0.717) is 33.8 Å². The molecular formula is C44H36ClN3O5. The van der Waals surface area contributed by atoms with E-state index in [0.717, 1.165) is 32.7 Å². The van der Waals surface area contributed by atoms with Crippen molar-refractivity contribution in [2.24, 2.45) is 23.7 Å². The van der Waals surface area contributed by atoms with E-state index >= 15 is 4.79 Å². The summed E-state index contributed by atoms with van der Waals surface area (Å²) in [4.78, 5) is 60.5. The molecule has 9 heteroatoms. The number of hydrogen-bond donors (Lipinski definition) is 2. The van der Waals surface area contributed by atoms with Gasteiger partial charge in [-0.1, -0.05) is 108 Å². The molecule has 0 bridgehead atoms. The maximum atomic E-state index is 15.5. The molecule has 2 saturated heterocycles. The lowest BCUT2D eigenvalue weighted by molar-refractivity contribution is -0.138. The lowest BCUT2D eigenvalue weighted by Crippen LogP contribution is -2.53. The minimum Gasteiger partial charge on any atom is -0.507 e. The Labute approximate surface area is 311 Å². The average molecular weight is 722 g/mol. The Morgan fingerprint density at radius 1 is 0.774 bits per heavy atom. The fraction of sp³-hybridized carbons (Fsp3) is 0.227. The molecule has 0 aromatic heterocycles. The third-order valence-corrected chi connectivity index (χ3v) is 12.5. The molecule has 1 saturated carbocycles. The molecule has 0 spiro atoms. The van der Waals surface area contributed by atoms with Gasteiger partial charge in [-0.25, -0.2) is 4.90 Å². The van der Waals surface area contributed by atoms with Crippen LogP contribution in [0.2, 0.25) is 5.02 Å². The largest absolute Gasteiger partial charge is 0.507 e. The minimum absolute atomic E-state index is 0.0974. The van der Waals surface area contributed by atoms with Gasteiger partial charge in [-0.2, -0.15) is 5.01 Å². The molecule has 0 unspecified atom stereocenters. The molecule has 2 aliphatic heterocycles. The number of anilines is 2. The first-order valence-corrected chi connectivity index (χ1v) is 18.3. The van der Waals surface area contributed by atoms with Crippen molar-refractivity contribution in [3.8, 4) is 5.75 Å². The maximum Gasteiger partial charge on any atom is 0.260 e. The summed E-state index contributed by atoms with van der Waals surface area (Å²) < 4.78 is 0. The van der Waals surface area contributed by atoms with Crippen LogP contribution in [0.3, 0.4) is 0 Å². The van der Waals surface area contributed by atoms with E-state index in [1.54, 1.807) is 24.3 Å². The summed E-state index contributed by atoms with van der Waals surface area (Å²) >= 11 is 6.48. The highest BCUT2D eigenvalue weighted by atomic mass is 35.5. The number of phenolic OH excluding ortho intramolecular Hbond substituents is 1. The van der Waals surface area contributed by atoms with Crippen molar-refractivity contribution in [3.63, 3.8) is 0 Å². The van der Waals surface area contributed by atoms with Crippen LogP contribution in [0.1, 0.15) is 41.0 Å². The molecule has 2 aliphatic carbocycles. The molecule has 6 atom stereocenters. The van der Waals surface area contributed by atoms with E-state index in [1.165, 1.54) is 4.90 Å². The number of amides is 4. The quantitative estimate of drug-likeness (QED) is 0.141. The van der Waals surface area contributed by atoms with E-state index < -0.39 is 46.8 Å². The summed E-state index contributed by atoms with van der Waals surface area (Å²) in [6.07, 6.45) is 2.53. The van der Waals surface area contributed by atoms with E-state index in [9.17, 15) is 19.5 Å². The van der Waals surface area contributed by atoms with E-state index in [2.05, 4.69) is 5.43 Å². The highest BCUT2D eigenvalue weighted by molar-refractivity contribution is 6.32. The fourth-order valence-electron chi connectivity index (χ4n) is 9.63. The number of aryl methyl sites for hydroxylation is 2. The Bertz CT molecular complexity index is 2410. The van der Waals surface area contributed by atoms with Crippen LogP contribution < -0.4 is 10.3 Å². The SMILES string of the molecule is Cc1ccc(NN2C(=O)[C@@H]3C[C@@H]4C(=CC[C@@H]5C(=O)N(c6ccc(C)c(Cl)c6)C(=O)[C@@H]54)[C@H](c4ccc(O)c5ccccc45)[C@]3(c3ccccc3)C2=O)cc1. The summed E-state index contributed by atoms with van der Waals surface area (Å²) in [5, 5.41) is 14.0. The lowest BCUT2D eigenvalue weighted by Gasteiger charge is -2.51. The number of carbonyl (C=O) groups excluding carboxylic acids is 4. The Balaban J connectivity index is 1.27. The lowest BCUT2D eigenvalue weighted by atomic mass is 9.49. The first kappa shape index (κ1) is 33.1. The molecule has 2 heterocycles. The van der Waals surface area contributed by atoms with Gasteiger partial charge in [0.25, 0.3) is 11.8 Å². The van der Waals surface area contributed by atoms with Crippen LogP contribution in [-0.2, 0) is 24.6 Å². The van der Waals surface area contributed by atoms with Crippen LogP contribution in [0.5, 0.6) is 5.75 Å². The third kappa shape index (κ3) is 4.74. The zero-order valence-electron chi connectivity index (χ0n) is 29.1. The van der Waals surface area contributed by atoms with Gasteiger partial charge in [0, 0.05) is 16.3 Å². The summed E-state index contributed by atoms with van der Waals surface area (Å²) in [5.41, 5.74) is 6.91. The summed E-state index contributed by atoms with van der Waals surface area (Å²) in [6, 6.07) is 33.1. The summed E-state index contributed by atoms with van der Waals surface area (Å²) in [7, 11) is 0. The Kier molecular flexibility index (Phi) is 7.61. The van der Waals surface area contributed by atoms with Gasteiger partial charge >= 0.3 is 0 Å². The highest BCUT2D eigenvalue weighted by Gasteiger charge is 2.70. The monoisotopic (exact) mass is 721 g/mol. The Morgan fingerprint density at radius 2 is 1.49 bits per heavy atom. The topological polar surface area (TPSA) is 107 Å². The van der Waals surface area contributed by atoms with Crippen LogP contribution in [0, 0.1) is 37.5 Å². The van der Waals surface area contributed by atoms with Gasteiger partial charge in [0.1, 0.15) is 5.75 Å². The first-order chi connectivity index (χ1) is 25.6. The second-order valence-corrected chi connectivity index (χ2v) is 15.2. The van der Waals surface area contributed by atoms with Crippen LogP contribution in [0.25, 0.3) is 10.8 Å². The highest BCUT2D eigenvalue weighted by Crippen LogP contribution is 2.65. The van der Waals surface area contributed by atoms with Crippen LogP contribution >= 0.6 is 11.6 Å². The number of benzene rings is 5. The number of aromatic hydroxyl groups is 1. The minimum atomic E-state index is -1.42. The number of phenols is 1. The number of halogens is 1. The van der Waals surface area contributed by atoms with Crippen molar-refractivity contribution < 1.29 is 24.3 Å². The summed E-state index contributed by atoms with van der Waals surface area (Å²) in [5.74, 6) is -4.82. The molecule has 5 aromatic rings. The molecule has 0 radical (unpaired) electrons. The molecule has 264 valence electrons. The molecule has 4 amide bonds.